The maximum absolute atomic E-state index is 15.1. The molecule has 0 saturated heterocycles. The zero-order valence-corrected chi connectivity index (χ0v) is 41.5. The van der Waals surface area contributed by atoms with Gasteiger partial charge in [0.25, 0.3) is 11.8 Å². The minimum atomic E-state index is -0.447. The summed E-state index contributed by atoms with van der Waals surface area (Å²) >= 11 is 1.86. The third-order valence-corrected chi connectivity index (χ3v) is 17.3. The van der Waals surface area contributed by atoms with E-state index < -0.39 is 10.8 Å². The molecule has 0 fully saturated rings. The number of fused-ring (bicyclic) bond motifs is 13. The molecule has 4 aliphatic heterocycles. The topological polar surface area (TPSA) is 77.5 Å². The molecule has 0 radical (unpaired) electrons. The Morgan fingerprint density at radius 1 is 0.544 bits per heavy atom. The summed E-state index contributed by atoms with van der Waals surface area (Å²) in [6, 6.07) is 27.5. The molecule has 2 aliphatic carbocycles. The van der Waals surface area contributed by atoms with Crippen LogP contribution >= 0.6 is 11.3 Å². The molecule has 0 N–H and O–H groups in total. The average molecular weight is 925 g/mol. The van der Waals surface area contributed by atoms with Crippen molar-refractivity contribution in [2.45, 2.75) is 82.5 Å². The van der Waals surface area contributed by atoms with Crippen LogP contribution in [0, 0.1) is 0 Å². The van der Waals surface area contributed by atoms with E-state index in [1.807, 2.05) is 35.9 Å². The second-order valence-corrected chi connectivity index (χ2v) is 21.8. The largest absolute Gasteiger partial charge is 0.385 e. The molecule has 0 bridgehead atoms. The van der Waals surface area contributed by atoms with Gasteiger partial charge in [-0.2, -0.15) is 0 Å². The van der Waals surface area contributed by atoms with Gasteiger partial charge in [0.05, 0.1) is 22.5 Å². The highest BCUT2D eigenvalue weighted by Crippen LogP contribution is 2.59. The first kappa shape index (κ1) is 44.8. The number of hydrogen-bond donors (Lipinski definition) is 0. The van der Waals surface area contributed by atoms with E-state index in [0.29, 0.717) is 54.9 Å². The van der Waals surface area contributed by atoms with E-state index in [1.54, 1.807) is 38.2 Å². The van der Waals surface area contributed by atoms with Crippen molar-refractivity contribution in [3.8, 4) is 32.7 Å². The Bertz CT molecular complexity index is 3080. The van der Waals surface area contributed by atoms with E-state index in [9.17, 15) is 0 Å². The number of thiophene rings is 1. The van der Waals surface area contributed by atoms with Crippen molar-refractivity contribution in [2.75, 3.05) is 54.9 Å². The van der Waals surface area contributed by atoms with Crippen molar-refractivity contribution >= 4 is 46.7 Å². The van der Waals surface area contributed by atoms with E-state index in [2.05, 4.69) is 107 Å². The van der Waals surface area contributed by atoms with Crippen molar-refractivity contribution < 1.29 is 28.5 Å². The second-order valence-electron chi connectivity index (χ2n) is 20.7. The van der Waals surface area contributed by atoms with Crippen LogP contribution in [-0.2, 0) is 44.8 Å². The minimum Gasteiger partial charge on any atom is -0.385 e. The fourth-order valence-electron chi connectivity index (χ4n) is 12.1. The number of carbonyl (C=O) groups excluding carboxylic acids is 2. The highest BCUT2D eigenvalue weighted by Gasteiger charge is 2.52. The van der Waals surface area contributed by atoms with Crippen molar-refractivity contribution in [3.63, 3.8) is 0 Å². The molecule has 0 unspecified atom stereocenters. The van der Waals surface area contributed by atoms with Crippen molar-refractivity contribution in [3.05, 3.63) is 151 Å². The van der Waals surface area contributed by atoms with Gasteiger partial charge in [-0.1, -0.05) is 65.0 Å². The van der Waals surface area contributed by atoms with Crippen LogP contribution < -0.4 is 0 Å². The Kier molecular flexibility index (Phi) is 10.9. The number of nitrogens with zero attached hydrogens (tertiary/aromatic N) is 2. The normalized spacial score (nSPS) is 17.4. The number of hydrogen-bond acceptors (Lipinski definition) is 7. The van der Waals surface area contributed by atoms with Gasteiger partial charge in [0.1, 0.15) is 0 Å². The Labute approximate surface area is 404 Å². The number of carbonyl (C=O) groups is 2. The number of benzene rings is 4. The molecule has 348 valence electrons. The number of methoxy groups -OCH3 is 4. The molecular formula is C59H60N2O6S. The summed E-state index contributed by atoms with van der Waals surface area (Å²) in [7, 11) is 7.05. The SMILES string of the molecule is COCCC1(CCOC)c2cc(-c3ccc(C(C)(C)C)s3)ccc2-c2cc3c(cc21)C1=C2C(=O)N4C=Cc5cc6c(cc5C4=C2C(=O)N1C=C3)C(CCOC)(CCOC)c1cc(C(C)C)ccc1-6. The van der Waals surface area contributed by atoms with E-state index in [0.717, 1.165) is 47.9 Å². The Balaban J connectivity index is 1.09. The van der Waals surface area contributed by atoms with Crippen molar-refractivity contribution in [2.24, 2.45) is 0 Å². The van der Waals surface area contributed by atoms with Crippen LogP contribution in [0.15, 0.2) is 96.3 Å². The predicted octanol–water partition coefficient (Wildman–Crippen LogP) is 12.3. The van der Waals surface area contributed by atoms with Gasteiger partial charge in [0.2, 0.25) is 0 Å². The Hall–Kier alpha value is -5.68. The summed E-state index contributed by atoms with van der Waals surface area (Å²) in [5.41, 5.74) is 17.3. The molecule has 5 aromatic rings. The summed E-state index contributed by atoms with van der Waals surface area (Å²) in [5, 5.41) is 0. The summed E-state index contributed by atoms with van der Waals surface area (Å²) in [4.78, 5) is 36.3. The third-order valence-electron chi connectivity index (χ3n) is 15.7. The molecule has 0 atom stereocenters. The zero-order valence-electron chi connectivity index (χ0n) is 40.7. The first-order valence-electron chi connectivity index (χ1n) is 24.1. The molecule has 6 aliphatic rings. The van der Waals surface area contributed by atoms with Gasteiger partial charge in [0, 0.05) is 99.0 Å². The molecule has 1 aromatic heterocycles. The molecule has 0 spiro atoms. The van der Waals surface area contributed by atoms with E-state index in [4.69, 9.17) is 18.9 Å². The maximum atomic E-state index is 15.1. The first-order chi connectivity index (χ1) is 32.8. The van der Waals surface area contributed by atoms with Gasteiger partial charge in [-0.3, -0.25) is 19.4 Å². The molecule has 8 nitrogen and oxygen atoms in total. The van der Waals surface area contributed by atoms with Gasteiger partial charge in [-0.25, -0.2) is 0 Å². The second kappa shape index (κ2) is 16.5. The van der Waals surface area contributed by atoms with Crippen LogP contribution in [0.3, 0.4) is 0 Å². The molecule has 9 heteroatoms. The van der Waals surface area contributed by atoms with E-state index in [-0.39, 0.29) is 17.2 Å². The number of amides is 2. The van der Waals surface area contributed by atoms with E-state index >= 15 is 9.59 Å². The van der Waals surface area contributed by atoms with Crippen LogP contribution in [-0.4, -0.2) is 76.5 Å². The lowest BCUT2D eigenvalue weighted by Gasteiger charge is -2.34. The lowest BCUT2D eigenvalue weighted by Crippen LogP contribution is -2.30. The van der Waals surface area contributed by atoms with Crippen LogP contribution in [0.5, 0.6) is 0 Å². The highest BCUT2D eigenvalue weighted by molar-refractivity contribution is 7.15. The smallest absolute Gasteiger partial charge is 0.265 e. The summed E-state index contributed by atoms with van der Waals surface area (Å²) in [5.74, 6) is -0.0213. The molecule has 11 rings (SSSR count). The standard InChI is InChI=1S/C59H60N2O6S/c1-34(2)35-10-12-39-43-28-36-16-22-60-53(41(36)32-47(43)58(18-24-64-6,19-25-65-7)45(39)30-35)51-52(56(60)63)54-42-33-48-44(29-37(42)17-23-61(54)55(51)62)40-13-11-38(49-14-15-50(68-49)57(3,4)5)31-46(40)59(48,20-26-66-8)21-27-67-9/h10-17,22-23,28-34H,18-21,24-27H2,1-9H3. The number of rotatable bonds is 14. The Morgan fingerprint density at radius 3 is 1.44 bits per heavy atom. The van der Waals surface area contributed by atoms with Crippen molar-refractivity contribution in [1.82, 2.24) is 9.80 Å². The van der Waals surface area contributed by atoms with Crippen LogP contribution in [0.4, 0.5) is 0 Å². The van der Waals surface area contributed by atoms with Crippen LogP contribution in [0.2, 0.25) is 0 Å². The first-order valence-corrected chi connectivity index (χ1v) is 24.9. The van der Waals surface area contributed by atoms with E-state index in [1.165, 1.54) is 65.4 Å². The van der Waals surface area contributed by atoms with Crippen molar-refractivity contribution in [1.29, 1.82) is 0 Å². The van der Waals surface area contributed by atoms with Crippen LogP contribution in [0.1, 0.15) is 121 Å². The molecule has 5 heterocycles. The fraction of sp³-hybridized carbons (Fsp3) is 0.356. The Morgan fingerprint density at radius 2 is 1.00 bits per heavy atom. The quantitative estimate of drug-likeness (QED) is 0.110. The van der Waals surface area contributed by atoms with Gasteiger partial charge in [0.15, 0.2) is 0 Å². The monoisotopic (exact) mass is 924 g/mol. The summed E-state index contributed by atoms with van der Waals surface area (Å²) in [6.07, 6.45) is 10.8. The average Bonchev–Trinajstić information content (AvgIpc) is 4.13. The third kappa shape index (κ3) is 6.46. The molecule has 4 aromatic carbocycles. The summed E-state index contributed by atoms with van der Waals surface area (Å²) in [6.45, 7) is 13.5. The van der Waals surface area contributed by atoms with Crippen LogP contribution in [0.25, 0.3) is 56.2 Å². The molecule has 0 saturated carbocycles. The highest BCUT2D eigenvalue weighted by atomic mass is 32.1. The minimum absolute atomic E-state index is 0.0594. The maximum Gasteiger partial charge on any atom is 0.265 e. The molecule has 68 heavy (non-hydrogen) atoms. The van der Waals surface area contributed by atoms with Gasteiger partial charge >= 0.3 is 0 Å². The lowest BCUT2D eigenvalue weighted by molar-refractivity contribution is -0.122. The number of ether oxygens (including phenoxy) is 4. The molecular weight excluding hydrogens is 865 g/mol. The zero-order chi connectivity index (χ0) is 47.4. The fourth-order valence-corrected chi connectivity index (χ4v) is 13.2. The lowest BCUT2D eigenvalue weighted by atomic mass is 9.72. The van der Waals surface area contributed by atoms with Gasteiger partial charge < -0.3 is 18.9 Å². The predicted molar refractivity (Wildman–Crippen MR) is 273 cm³/mol. The van der Waals surface area contributed by atoms with Gasteiger partial charge in [-0.05, 0) is 158 Å². The molecule has 2 amide bonds. The van der Waals surface area contributed by atoms with Gasteiger partial charge in [-0.15, -0.1) is 11.3 Å². The summed E-state index contributed by atoms with van der Waals surface area (Å²) < 4.78 is 23.4.